The molecule has 1 heterocycles. The molecular weight excluding hydrogens is 178 g/mol. The van der Waals surface area contributed by atoms with Gasteiger partial charge in [0, 0.05) is 12.5 Å². The van der Waals surface area contributed by atoms with Crippen LogP contribution in [0.5, 0.6) is 0 Å². The summed E-state index contributed by atoms with van der Waals surface area (Å²) in [5.41, 5.74) is 6.56. The molecule has 1 atom stereocenters. The van der Waals surface area contributed by atoms with Crippen LogP contribution in [0.15, 0.2) is 4.42 Å². The second kappa shape index (κ2) is 4.00. The van der Waals surface area contributed by atoms with Crippen molar-refractivity contribution in [2.24, 2.45) is 0 Å². The van der Waals surface area contributed by atoms with Gasteiger partial charge in [0.05, 0.1) is 5.69 Å². The second-order valence-corrected chi connectivity index (χ2v) is 3.82. The monoisotopic (exact) mass is 195 g/mol. The minimum absolute atomic E-state index is 0.311. The first-order valence-electron chi connectivity index (χ1n) is 5.27. The number of fused-ring (bicyclic) bond motifs is 1. The Morgan fingerprint density at radius 3 is 3.29 bits per heavy atom. The third-order valence-corrected chi connectivity index (χ3v) is 2.64. The van der Waals surface area contributed by atoms with Crippen molar-refractivity contribution in [3.05, 3.63) is 11.5 Å². The minimum Gasteiger partial charge on any atom is -0.429 e. The van der Waals surface area contributed by atoms with Gasteiger partial charge in [-0.3, -0.25) is 0 Å². The van der Waals surface area contributed by atoms with E-state index in [1.165, 1.54) is 6.42 Å². The third-order valence-electron chi connectivity index (χ3n) is 2.64. The number of nitrogens with one attached hydrogen (secondary N) is 1. The number of nitrogen functional groups attached to an aromatic ring is 1. The molecule has 4 heteroatoms. The SMILES string of the molecule is CCCNC1CCc2nc(N)oc2C1. The number of aromatic nitrogens is 1. The lowest BCUT2D eigenvalue weighted by Gasteiger charge is -2.21. The van der Waals surface area contributed by atoms with Gasteiger partial charge in [0.2, 0.25) is 0 Å². The average Bonchev–Trinajstić information content (AvgIpc) is 2.54. The fraction of sp³-hybridized carbons (Fsp3) is 0.700. The molecule has 3 N–H and O–H groups in total. The van der Waals surface area contributed by atoms with E-state index in [0.717, 1.165) is 37.3 Å². The van der Waals surface area contributed by atoms with Crippen molar-refractivity contribution >= 4 is 6.01 Å². The van der Waals surface area contributed by atoms with E-state index in [-0.39, 0.29) is 0 Å². The number of nitrogens with two attached hydrogens (primary N) is 1. The molecule has 1 aromatic rings. The van der Waals surface area contributed by atoms with E-state index in [1.54, 1.807) is 0 Å². The van der Waals surface area contributed by atoms with Crippen LogP contribution >= 0.6 is 0 Å². The van der Waals surface area contributed by atoms with Crippen molar-refractivity contribution in [1.82, 2.24) is 10.3 Å². The zero-order chi connectivity index (χ0) is 9.97. The summed E-state index contributed by atoms with van der Waals surface area (Å²) in [6.45, 7) is 3.25. The van der Waals surface area contributed by atoms with Gasteiger partial charge in [0.15, 0.2) is 0 Å². The fourth-order valence-corrected chi connectivity index (χ4v) is 1.92. The van der Waals surface area contributed by atoms with Gasteiger partial charge in [0.1, 0.15) is 5.76 Å². The zero-order valence-corrected chi connectivity index (χ0v) is 8.55. The van der Waals surface area contributed by atoms with Crippen LogP contribution in [0, 0.1) is 0 Å². The predicted molar refractivity (Wildman–Crippen MR) is 55.0 cm³/mol. The number of hydrogen-bond donors (Lipinski definition) is 2. The minimum atomic E-state index is 0.311. The van der Waals surface area contributed by atoms with Crippen LogP contribution in [0.4, 0.5) is 6.01 Å². The molecule has 0 saturated heterocycles. The Bertz CT molecular complexity index is 308. The Hall–Kier alpha value is -1.03. The molecule has 0 aliphatic heterocycles. The molecule has 1 unspecified atom stereocenters. The first kappa shape index (κ1) is 9.52. The smallest absolute Gasteiger partial charge is 0.292 e. The van der Waals surface area contributed by atoms with E-state index < -0.39 is 0 Å². The Labute approximate surface area is 83.9 Å². The lowest BCUT2D eigenvalue weighted by molar-refractivity contribution is 0.405. The number of nitrogens with zero attached hydrogens (tertiary/aromatic N) is 1. The van der Waals surface area contributed by atoms with Gasteiger partial charge in [0.25, 0.3) is 6.01 Å². The van der Waals surface area contributed by atoms with Crippen molar-refractivity contribution < 1.29 is 4.42 Å². The Balaban J connectivity index is 1.98. The molecule has 0 fully saturated rings. The lowest BCUT2D eigenvalue weighted by atomic mass is 9.97. The van der Waals surface area contributed by atoms with Crippen molar-refractivity contribution in [3.8, 4) is 0 Å². The zero-order valence-electron chi connectivity index (χ0n) is 8.55. The highest BCUT2D eigenvalue weighted by molar-refractivity contribution is 5.23. The highest BCUT2D eigenvalue weighted by atomic mass is 16.4. The van der Waals surface area contributed by atoms with Crippen LogP contribution in [0.25, 0.3) is 0 Å². The lowest BCUT2D eigenvalue weighted by Crippen LogP contribution is -2.34. The first-order chi connectivity index (χ1) is 6.79. The number of aryl methyl sites for hydroxylation is 1. The summed E-state index contributed by atoms with van der Waals surface area (Å²) in [6, 6.07) is 0.848. The predicted octanol–water partition coefficient (Wildman–Crippen LogP) is 1.11. The third kappa shape index (κ3) is 1.90. The average molecular weight is 195 g/mol. The van der Waals surface area contributed by atoms with Gasteiger partial charge in [-0.2, -0.15) is 4.98 Å². The summed E-state index contributed by atoms with van der Waals surface area (Å²) in [7, 11) is 0. The van der Waals surface area contributed by atoms with Crippen LogP contribution in [0.3, 0.4) is 0 Å². The second-order valence-electron chi connectivity index (χ2n) is 3.82. The van der Waals surface area contributed by atoms with Gasteiger partial charge in [-0.05, 0) is 25.8 Å². The normalized spacial score (nSPS) is 20.8. The summed E-state index contributed by atoms with van der Waals surface area (Å²) < 4.78 is 5.34. The molecule has 2 rings (SSSR count). The molecule has 0 radical (unpaired) electrons. The Kier molecular flexibility index (Phi) is 2.72. The molecule has 0 spiro atoms. The molecule has 4 nitrogen and oxygen atoms in total. The van der Waals surface area contributed by atoms with E-state index in [4.69, 9.17) is 10.2 Å². The van der Waals surface area contributed by atoms with Crippen molar-refractivity contribution in [2.75, 3.05) is 12.3 Å². The van der Waals surface area contributed by atoms with E-state index in [9.17, 15) is 0 Å². The maximum atomic E-state index is 5.51. The number of oxazole rings is 1. The topological polar surface area (TPSA) is 64.1 Å². The summed E-state index contributed by atoms with van der Waals surface area (Å²) in [4.78, 5) is 4.15. The first-order valence-corrected chi connectivity index (χ1v) is 5.27. The van der Waals surface area contributed by atoms with E-state index in [1.807, 2.05) is 0 Å². The van der Waals surface area contributed by atoms with Crippen molar-refractivity contribution in [2.45, 2.75) is 38.6 Å². The number of anilines is 1. The largest absolute Gasteiger partial charge is 0.429 e. The van der Waals surface area contributed by atoms with Crippen molar-refractivity contribution in [3.63, 3.8) is 0 Å². The molecule has 1 aromatic heterocycles. The summed E-state index contributed by atoms with van der Waals surface area (Å²) in [5, 5.41) is 3.49. The molecule has 1 aliphatic rings. The van der Waals surface area contributed by atoms with Crippen LogP contribution < -0.4 is 11.1 Å². The maximum absolute atomic E-state index is 5.51. The molecular formula is C10H17N3O. The molecule has 0 saturated carbocycles. The molecule has 14 heavy (non-hydrogen) atoms. The standard InChI is InChI=1S/C10H17N3O/c1-2-5-12-7-3-4-8-9(6-7)14-10(11)13-8/h7,12H,2-6H2,1H3,(H2,11,13). The quantitative estimate of drug-likeness (QED) is 0.758. The van der Waals surface area contributed by atoms with E-state index >= 15 is 0 Å². The molecule has 0 bridgehead atoms. The number of hydrogen-bond acceptors (Lipinski definition) is 4. The Morgan fingerprint density at radius 1 is 1.64 bits per heavy atom. The van der Waals surface area contributed by atoms with Gasteiger partial charge in [-0.15, -0.1) is 0 Å². The number of rotatable bonds is 3. The highest BCUT2D eigenvalue weighted by Gasteiger charge is 2.22. The van der Waals surface area contributed by atoms with Gasteiger partial charge in [-0.1, -0.05) is 6.92 Å². The van der Waals surface area contributed by atoms with Crippen LogP contribution in [0.1, 0.15) is 31.2 Å². The van der Waals surface area contributed by atoms with E-state index in [0.29, 0.717) is 12.1 Å². The summed E-state index contributed by atoms with van der Waals surface area (Å²) in [6.07, 6.45) is 4.22. The summed E-state index contributed by atoms with van der Waals surface area (Å²) in [5.74, 6) is 0.974. The van der Waals surface area contributed by atoms with E-state index in [2.05, 4.69) is 17.2 Å². The van der Waals surface area contributed by atoms with Gasteiger partial charge < -0.3 is 15.5 Å². The van der Waals surface area contributed by atoms with Crippen LogP contribution in [-0.4, -0.2) is 17.6 Å². The fourth-order valence-electron chi connectivity index (χ4n) is 1.92. The molecule has 78 valence electrons. The van der Waals surface area contributed by atoms with Gasteiger partial charge >= 0.3 is 0 Å². The molecule has 1 aliphatic carbocycles. The van der Waals surface area contributed by atoms with Crippen LogP contribution in [-0.2, 0) is 12.8 Å². The highest BCUT2D eigenvalue weighted by Crippen LogP contribution is 2.22. The van der Waals surface area contributed by atoms with Gasteiger partial charge in [-0.25, -0.2) is 0 Å². The molecule has 0 aromatic carbocycles. The maximum Gasteiger partial charge on any atom is 0.292 e. The summed E-state index contributed by atoms with van der Waals surface area (Å²) >= 11 is 0. The van der Waals surface area contributed by atoms with Crippen molar-refractivity contribution in [1.29, 1.82) is 0 Å². The van der Waals surface area contributed by atoms with Crippen LogP contribution in [0.2, 0.25) is 0 Å². The molecule has 0 amide bonds. The Morgan fingerprint density at radius 2 is 2.50 bits per heavy atom.